The zero-order valence-corrected chi connectivity index (χ0v) is 15.9. The van der Waals surface area contributed by atoms with E-state index in [-0.39, 0.29) is 20.5 Å². The number of sulfonamides is 2. The molecule has 10 heteroatoms. The molecule has 0 aliphatic carbocycles. The van der Waals surface area contributed by atoms with Crippen molar-refractivity contribution in [2.45, 2.75) is 22.6 Å². The molecule has 140 valence electrons. The van der Waals surface area contributed by atoms with Crippen LogP contribution in [-0.4, -0.2) is 34.2 Å². The molecule has 0 spiro atoms. The van der Waals surface area contributed by atoms with Crippen LogP contribution in [0.25, 0.3) is 0 Å². The minimum Gasteiger partial charge on any atom is -0.277 e. The lowest BCUT2D eigenvalue weighted by Gasteiger charge is -2.16. The van der Waals surface area contributed by atoms with Crippen LogP contribution in [0, 0.1) is 5.82 Å². The summed E-state index contributed by atoms with van der Waals surface area (Å²) in [5.74, 6) is -0.883. The fourth-order valence-corrected chi connectivity index (χ4v) is 5.41. The van der Waals surface area contributed by atoms with E-state index < -0.39 is 25.9 Å². The van der Waals surface area contributed by atoms with E-state index in [2.05, 4.69) is 4.72 Å². The molecule has 1 heterocycles. The average Bonchev–Trinajstić information content (AvgIpc) is 3.14. The summed E-state index contributed by atoms with van der Waals surface area (Å²) >= 11 is 5.64. The zero-order valence-electron chi connectivity index (χ0n) is 13.5. The predicted octanol–water partition coefficient (Wildman–Crippen LogP) is 3.06. The molecule has 2 aromatic rings. The van der Waals surface area contributed by atoms with Crippen molar-refractivity contribution in [3.8, 4) is 0 Å². The first-order valence-electron chi connectivity index (χ1n) is 7.79. The third-order valence-corrected chi connectivity index (χ3v) is 7.62. The van der Waals surface area contributed by atoms with Crippen LogP contribution in [0.5, 0.6) is 0 Å². The molecule has 1 fully saturated rings. The highest BCUT2D eigenvalue weighted by Crippen LogP contribution is 2.26. The van der Waals surface area contributed by atoms with Gasteiger partial charge in [0.25, 0.3) is 10.0 Å². The lowest BCUT2D eigenvalue weighted by atomic mass is 10.3. The maximum Gasteiger partial charge on any atom is 0.261 e. The number of nitrogens with zero attached hydrogens (tertiary/aromatic N) is 1. The fraction of sp³-hybridized carbons (Fsp3) is 0.250. The van der Waals surface area contributed by atoms with Crippen LogP contribution in [0.3, 0.4) is 0 Å². The van der Waals surface area contributed by atoms with Gasteiger partial charge >= 0.3 is 0 Å². The molecule has 1 aliphatic heterocycles. The summed E-state index contributed by atoms with van der Waals surface area (Å²) in [5, 5.41) is -0.211. The Hall–Kier alpha value is -1.68. The molecule has 0 saturated carbocycles. The number of rotatable bonds is 5. The standard InChI is InChI=1S/C16H16ClFN2O4S2/c17-14-4-3-5-15(16(14)18)19-25(21,22)12-6-8-13(9-7-12)26(23,24)20-10-1-2-11-20/h3-9,19H,1-2,10-11H2. The van der Waals surface area contributed by atoms with E-state index >= 15 is 0 Å². The molecule has 1 aliphatic rings. The molecule has 0 aromatic heterocycles. The first-order valence-corrected chi connectivity index (χ1v) is 11.1. The molecule has 26 heavy (non-hydrogen) atoms. The molecule has 0 radical (unpaired) electrons. The van der Waals surface area contributed by atoms with Gasteiger partial charge < -0.3 is 0 Å². The van der Waals surface area contributed by atoms with E-state index in [1.165, 1.54) is 46.8 Å². The van der Waals surface area contributed by atoms with Crippen LogP contribution in [0.15, 0.2) is 52.3 Å². The minimum atomic E-state index is -4.09. The number of hydrogen-bond acceptors (Lipinski definition) is 4. The summed E-state index contributed by atoms with van der Waals surface area (Å²) in [7, 11) is -7.72. The fourth-order valence-electron chi connectivity index (χ4n) is 2.65. The number of hydrogen-bond donors (Lipinski definition) is 1. The van der Waals surface area contributed by atoms with Crippen molar-refractivity contribution >= 4 is 37.3 Å². The van der Waals surface area contributed by atoms with Crippen molar-refractivity contribution in [1.82, 2.24) is 4.31 Å². The summed E-state index contributed by atoms with van der Waals surface area (Å²) in [5.41, 5.74) is -0.286. The molecule has 1 saturated heterocycles. The maximum absolute atomic E-state index is 13.9. The normalized spacial score (nSPS) is 15.9. The van der Waals surface area contributed by atoms with E-state index in [0.717, 1.165) is 12.8 Å². The second-order valence-corrected chi connectivity index (χ2v) is 9.82. The van der Waals surface area contributed by atoms with Gasteiger partial charge in [0.15, 0.2) is 5.82 Å². The lowest BCUT2D eigenvalue weighted by Crippen LogP contribution is -2.27. The molecule has 2 aromatic carbocycles. The minimum absolute atomic E-state index is 0.0206. The predicted molar refractivity (Wildman–Crippen MR) is 96.7 cm³/mol. The van der Waals surface area contributed by atoms with Gasteiger partial charge in [0.2, 0.25) is 10.0 Å². The topological polar surface area (TPSA) is 83.5 Å². The number of benzene rings is 2. The maximum atomic E-state index is 13.9. The number of halogens is 2. The quantitative estimate of drug-likeness (QED) is 0.808. The summed E-state index contributed by atoms with van der Waals surface area (Å²) in [6, 6.07) is 8.77. The Labute approximate surface area is 156 Å². The van der Waals surface area contributed by atoms with Gasteiger partial charge in [-0.15, -0.1) is 0 Å². The second kappa shape index (κ2) is 7.15. The van der Waals surface area contributed by atoms with Crippen molar-refractivity contribution in [3.05, 3.63) is 53.3 Å². The van der Waals surface area contributed by atoms with Crippen molar-refractivity contribution in [2.75, 3.05) is 17.8 Å². The van der Waals surface area contributed by atoms with Crippen molar-refractivity contribution in [2.24, 2.45) is 0 Å². The molecule has 1 N–H and O–H groups in total. The third kappa shape index (κ3) is 3.71. The van der Waals surface area contributed by atoms with Crippen LogP contribution in [0.1, 0.15) is 12.8 Å². The highest BCUT2D eigenvalue weighted by Gasteiger charge is 2.27. The van der Waals surface area contributed by atoms with Gasteiger partial charge in [0, 0.05) is 13.1 Å². The molecule has 0 amide bonds. The second-order valence-electron chi connectivity index (χ2n) is 5.79. The van der Waals surface area contributed by atoms with Crippen molar-refractivity contribution in [3.63, 3.8) is 0 Å². The van der Waals surface area contributed by atoms with Gasteiger partial charge in [-0.3, -0.25) is 4.72 Å². The Kier molecular flexibility index (Phi) is 5.25. The highest BCUT2D eigenvalue weighted by atomic mass is 35.5. The van der Waals surface area contributed by atoms with E-state index in [1.54, 1.807) is 0 Å². The summed E-state index contributed by atoms with van der Waals surface area (Å²) < 4.78 is 67.1. The summed E-state index contributed by atoms with van der Waals surface area (Å²) in [4.78, 5) is -0.162. The van der Waals surface area contributed by atoms with Gasteiger partial charge in [-0.25, -0.2) is 21.2 Å². The molecule has 0 atom stereocenters. The molecular weight excluding hydrogens is 403 g/mol. The van der Waals surface area contributed by atoms with Gasteiger partial charge in [0.05, 0.1) is 20.5 Å². The zero-order chi connectivity index (χ0) is 18.9. The van der Waals surface area contributed by atoms with Gasteiger partial charge in [-0.1, -0.05) is 17.7 Å². The Balaban J connectivity index is 1.86. The largest absolute Gasteiger partial charge is 0.277 e. The van der Waals surface area contributed by atoms with E-state index in [9.17, 15) is 21.2 Å². The number of nitrogens with one attached hydrogen (secondary N) is 1. The van der Waals surface area contributed by atoms with Gasteiger partial charge in [0.1, 0.15) is 0 Å². The van der Waals surface area contributed by atoms with Crippen LogP contribution >= 0.6 is 11.6 Å². The van der Waals surface area contributed by atoms with Crippen LogP contribution in [0.2, 0.25) is 5.02 Å². The molecule has 6 nitrogen and oxygen atoms in total. The Morgan fingerprint density at radius 2 is 1.50 bits per heavy atom. The lowest BCUT2D eigenvalue weighted by molar-refractivity contribution is 0.477. The van der Waals surface area contributed by atoms with Crippen LogP contribution in [-0.2, 0) is 20.0 Å². The first kappa shape index (κ1) is 19.1. The smallest absolute Gasteiger partial charge is 0.261 e. The van der Waals surface area contributed by atoms with E-state index in [1.807, 2.05) is 0 Å². The Bertz CT molecular complexity index is 1020. The first-order chi connectivity index (χ1) is 12.2. The molecule has 3 rings (SSSR count). The Morgan fingerprint density at radius 3 is 2.12 bits per heavy atom. The van der Waals surface area contributed by atoms with Crippen molar-refractivity contribution < 1.29 is 21.2 Å². The van der Waals surface area contributed by atoms with E-state index in [0.29, 0.717) is 13.1 Å². The summed E-state index contributed by atoms with van der Waals surface area (Å²) in [6.45, 7) is 0.913. The highest BCUT2D eigenvalue weighted by molar-refractivity contribution is 7.92. The third-order valence-electron chi connectivity index (χ3n) is 4.03. The van der Waals surface area contributed by atoms with Crippen LogP contribution < -0.4 is 4.72 Å². The number of anilines is 1. The monoisotopic (exact) mass is 418 g/mol. The molecular formula is C16H16ClFN2O4S2. The summed E-state index contributed by atoms with van der Waals surface area (Å²) in [6.07, 6.45) is 1.61. The van der Waals surface area contributed by atoms with E-state index in [4.69, 9.17) is 11.6 Å². The van der Waals surface area contributed by atoms with Crippen LogP contribution in [0.4, 0.5) is 10.1 Å². The molecule has 0 unspecified atom stereocenters. The Morgan fingerprint density at radius 1 is 0.923 bits per heavy atom. The van der Waals surface area contributed by atoms with Gasteiger partial charge in [-0.2, -0.15) is 4.31 Å². The average molecular weight is 419 g/mol. The van der Waals surface area contributed by atoms with Gasteiger partial charge in [-0.05, 0) is 49.2 Å². The SMILES string of the molecule is O=S(=O)(Nc1cccc(Cl)c1F)c1ccc(S(=O)(=O)N2CCCC2)cc1. The van der Waals surface area contributed by atoms with Crippen molar-refractivity contribution in [1.29, 1.82) is 0 Å². The molecule has 0 bridgehead atoms.